The Morgan fingerprint density at radius 2 is 0.817 bits per heavy atom. The topological polar surface area (TPSA) is 12.9 Å². The van der Waals surface area contributed by atoms with Crippen LogP contribution in [0.3, 0.4) is 0 Å². The van der Waals surface area contributed by atoms with E-state index in [9.17, 15) is 0 Å². The van der Waals surface area contributed by atoms with Crippen LogP contribution in [0.25, 0.3) is 152 Å². The van der Waals surface area contributed by atoms with Gasteiger partial charge in [0.25, 0.3) is 0 Å². The van der Waals surface area contributed by atoms with Gasteiger partial charge in [-0.1, -0.05) is 140 Å². The quantitative estimate of drug-likeness (QED) is 0.126. The fraction of sp³-hybridized carbons (Fsp3) is 0.0339. The van der Waals surface area contributed by atoms with Crippen molar-refractivity contribution in [3.8, 4) is 44.5 Å². The molecule has 274 valence electrons. The second-order valence-electron chi connectivity index (χ2n) is 17.3. The standard InChI is InChI=1S/C59H33N/c1-30-10-3-5-12-34(30)33-17-18-37-40-19-20-41-43-23-25-46-55-47(26-24-44(54(43)55)42-21-22-45(48(37)28-33)52(40)53(41)42)58-56-39-15-8-7-14-38(39)51-36-13-6-4-11-32(36)29-49(59(51)56)50(57(46)58)35-16-9-27-60-31(35)2/h3-29H,1-2H3. The Balaban J connectivity index is 1.12. The number of aromatic nitrogens is 1. The van der Waals surface area contributed by atoms with Gasteiger partial charge < -0.3 is 0 Å². The summed E-state index contributed by atoms with van der Waals surface area (Å²) in [7, 11) is 0. The van der Waals surface area contributed by atoms with Gasteiger partial charge in [-0.25, -0.2) is 0 Å². The minimum atomic E-state index is 1.05. The second-order valence-corrected chi connectivity index (χ2v) is 17.3. The van der Waals surface area contributed by atoms with Gasteiger partial charge in [-0.3, -0.25) is 4.98 Å². The van der Waals surface area contributed by atoms with E-state index >= 15 is 0 Å². The van der Waals surface area contributed by atoms with Crippen LogP contribution >= 0.6 is 0 Å². The summed E-state index contributed by atoms with van der Waals surface area (Å²) in [6, 6.07) is 60.2. The van der Waals surface area contributed by atoms with Crippen LogP contribution in [0.4, 0.5) is 0 Å². The normalized spacial score (nSPS) is 12.8. The van der Waals surface area contributed by atoms with E-state index in [1.807, 2.05) is 6.20 Å². The lowest BCUT2D eigenvalue weighted by Gasteiger charge is -2.16. The molecule has 1 heteroatoms. The molecule has 0 radical (unpaired) electrons. The molecule has 60 heavy (non-hydrogen) atoms. The maximum absolute atomic E-state index is 4.90. The molecule has 1 aliphatic rings. The smallest absolute Gasteiger partial charge is 0.0451 e. The van der Waals surface area contributed by atoms with Crippen LogP contribution in [-0.4, -0.2) is 4.98 Å². The van der Waals surface area contributed by atoms with E-state index in [2.05, 4.69) is 172 Å². The van der Waals surface area contributed by atoms with E-state index in [4.69, 9.17) is 4.98 Å². The lowest BCUT2D eigenvalue weighted by molar-refractivity contribution is 1.21. The summed E-state index contributed by atoms with van der Waals surface area (Å²) in [6.45, 7) is 4.38. The molecule has 0 aliphatic heterocycles. The summed E-state index contributed by atoms with van der Waals surface area (Å²) >= 11 is 0. The predicted molar refractivity (Wildman–Crippen MR) is 258 cm³/mol. The highest BCUT2D eigenvalue weighted by Gasteiger charge is 2.30. The van der Waals surface area contributed by atoms with Gasteiger partial charge in [-0.05, 0) is 184 Å². The third-order valence-electron chi connectivity index (χ3n) is 14.6. The molecule has 0 fully saturated rings. The van der Waals surface area contributed by atoms with Crippen molar-refractivity contribution in [3.05, 3.63) is 175 Å². The molecule has 0 N–H and O–H groups in total. The zero-order valence-electron chi connectivity index (χ0n) is 33.0. The summed E-state index contributed by atoms with van der Waals surface area (Å²) in [5.41, 5.74) is 12.8. The molecule has 0 saturated carbocycles. The van der Waals surface area contributed by atoms with Gasteiger partial charge >= 0.3 is 0 Å². The molecular formula is C59H33N. The molecule has 0 amide bonds. The third-order valence-corrected chi connectivity index (χ3v) is 14.6. The van der Waals surface area contributed by atoms with Crippen LogP contribution in [-0.2, 0) is 0 Å². The highest BCUT2D eigenvalue weighted by atomic mass is 14.7. The minimum absolute atomic E-state index is 1.05. The SMILES string of the molecule is Cc1ccccc1-c1ccc2c(c1)-c1ccc3c4ccc5c6c(ccc(c7ccc-2c1c73)c46)c1c(-c2cccnc2C)c2cc3ccccc3c3c4ccccc4c(c51)c23. The van der Waals surface area contributed by atoms with Crippen LogP contribution in [0.15, 0.2) is 164 Å². The summed E-state index contributed by atoms with van der Waals surface area (Å²) in [5, 5.41) is 26.8. The molecule has 13 aromatic carbocycles. The Bertz CT molecular complexity index is 4220. The Kier molecular flexibility index (Phi) is 5.60. The fourth-order valence-electron chi connectivity index (χ4n) is 12.2. The molecule has 14 aromatic rings. The lowest BCUT2D eigenvalue weighted by atomic mass is 9.87. The zero-order chi connectivity index (χ0) is 39.1. The van der Waals surface area contributed by atoms with Crippen molar-refractivity contribution in [3.63, 3.8) is 0 Å². The van der Waals surface area contributed by atoms with Crippen molar-refractivity contribution in [1.29, 1.82) is 0 Å². The Morgan fingerprint density at radius 1 is 0.300 bits per heavy atom. The summed E-state index contributed by atoms with van der Waals surface area (Å²) in [6.07, 6.45) is 1.93. The maximum Gasteiger partial charge on any atom is 0.0451 e. The molecule has 1 nitrogen and oxygen atoms in total. The first-order valence-electron chi connectivity index (χ1n) is 21.1. The van der Waals surface area contributed by atoms with Gasteiger partial charge in [0.05, 0.1) is 0 Å². The number of hydrogen-bond acceptors (Lipinski definition) is 1. The molecule has 0 atom stereocenters. The molecule has 0 saturated heterocycles. The van der Waals surface area contributed by atoms with E-state index in [1.54, 1.807) is 0 Å². The number of nitrogens with zero attached hydrogens (tertiary/aromatic N) is 1. The van der Waals surface area contributed by atoms with Crippen molar-refractivity contribution < 1.29 is 0 Å². The van der Waals surface area contributed by atoms with Gasteiger partial charge in [-0.2, -0.15) is 0 Å². The Morgan fingerprint density at radius 3 is 1.58 bits per heavy atom. The van der Waals surface area contributed by atoms with E-state index in [0.29, 0.717) is 0 Å². The first-order valence-corrected chi connectivity index (χ1v) is 21.1. The summed E-state index contributed by atoms with van der Waals surface area (Å²) < 4.78 is 0. The van der Waals surface area contributed by atoms with Crippen molar-refractivity contribution in [1.82, 2.24) is 4.98 Å². The van der Waals surface area contributed by atoms with Gasteiger partial charge in [0.2, 0.25) is 0 Å². The maximum atomic E-state index is 4.90. The molecule has 1 aromatic heterocycles. The van der Waals surface area contributed by atoms with Gasteiger partial charge in [0, 0.05) is 17.5 Å². The van der Waals surface area contributed by atoms with Crippen LogP contribution in [0.1, 0.15) is 11.3 Å². The molecule has 1 aliphatic carbocycles. The largest absolute Gasteiger partial charge is 0.261 e. The number of hydrogen-bond donors (Lipinski definition) is 0. The zero-order valence-corrected chi connectivity index (χ0v) is 33.0. The molecule has 0 bridgehead atoms. The first-order chi connectivity index (χ1) is 29.6. The number of rotatable bonds is 2. The monoisotopic (exact) mass is 755 g/mol. The predicted octanol–water partition coefficient (Wildman–Crippen LogP) is 16.5. The molecule has 1 heterocycles. The van der Waals surface area contributed by atoms with E-state index in [-0.39, 0.29) is 0 Å². The Labute approximate surface area is 344 Å². The highest BCUT2D eigenvalue weighted by molar-refractivity contribution is 6.52. The fourth-order valence-corrected chi connectivity index (χ4v) is 12.2. The minimum Gasteiger partial charge on any atom is -0.261 e. The van der Waals surface area contributed by atoms with E-state index < -0.39 is 0 Å². The van der Waals surface area contributed by atoms with Gasteiger partial charge in [0.1, 0.15) is 0 Å². The van der Waals surface area contributed by atoms with Crippen LogP contribution in [0.5, 0.6) is 0 Å². The van der Waals surface area contributed by atoms with Crippen LogP contribution < -0.4 is 0 Å². The molecular weight excluding hydrogens is 723 g/mol. The van der Waals surface area contributed by atoms with Crippen molar-refractivity contribution in [2.75, 3.05) is 0 Å². The third kappa shape index (κ3) is 3.58. The first kappa shape index (κ1) is 31.4. The summed E-state index contributed by atoms with van der Waals surface area (Å²) in [5.74, 6) is 0. The summed E-state index contributed by atoms with van der Waals surface area (Å²) in [4.78, 5) is 4.90. The average Bonchev–Trinajstić information content (AvgIpc) is 3.93. The average molecular weight is 756 g/mol. The molecule has 0 spiro atoms. The molecule has 0 unspecified atom stereocenters. The second kappa shape index (κ2) is 10.7. The molecule has 15 rings (SSSR count). The van der Waals surface area contributed by atoms with Crippen molar-refractivity contribution >= 4 is 108 Å². The Hall–Kier alpha value is -7.61. The van der Waals surface area contributed by atoms with Gasteiger partial charge in [-0.15, -0.1) is 0 Å². The van der Waals surface area contributed by atoms with Gasteiger partial charge in [0.15, 0.2) is 0 Å². The number of benzene rings is 11. The lowest BCUT2D eigenvalue weighted by Crippen LogP contribution is -1.90. The number of pyridine rings is 1. The van der Waals surface area contributed by atoms with Crippen LogP contribution in [0.2, 0.25) is 0 Å². The number of fused-ring (bicyclic) bond motifs is 14. The number of aryl methyl sites for hydroxylation is 2. The van der Waals surface area contributed by atoms with E-state index in [1.165, 1.54) is 158 Å². The van der Waals surface area contributed by atoms with E-state index in [0.717, 1.165) is 5.69 Å². The van der Waals surface area contributed by atoms with Crippen molar-refractivity contribution in [2.45, 2.75) is 13.8 Å². The van der Waals surface area contributed by atoms with Crippen LogP contribution in [0, 0.1) is 13.8 Å². The van der Waals surface area contributed by atoms with Crippen molar-refractivity contribution in [2.24, 2.45) is 0 Å². The highest BCUT2D eigenvalue weighted by Crippen LogP contribution is 2.58.